The highest BCUT2D eigenvalue weighted by Crippen LogP contribution is 2.36. The van der Waals surface area contributed by atoms with Crippen molar-refractivity contribution in [2.75, 3.05) is 18.1 Å². The van der Waals surface area contributed by atoms with Crippen LogP contribution in [0, 0.1) is 12.8 Å². The molecule has 0 amide bonds. The first-order valence-corrected chi connectivity index (χ1v) is 7.38. The molecule has 1 heterocycles. The Kier molecular flexibility index (Phi) is 4.02. The zero-order chi connectivity index (χ0) is 13.3. The van der Waals surface area contributed by atoms with Crippen molar-refractivity contribution in [1.82, 2.24) is 0 Å². The van der Waals surface area contributed by atoms with Crippen molar-refractivity contribution >= 4 is 21.6 Å². The van der Waals surface area contributed by atoms with Crippen molar-refractivity contribution < 1.29 is 5.11 Å². The molecule has 0 saturated carbocycles. The number of piperidine rings is 1. The molecule has 0 bridgehead atoms. The van der Waals surface area contributed by atoms with Crippen molar-refractivity contribution in [3.05, 3.63) is 28.2 Å². The fourth-order valence-corrected chi connectivity index (χ4v) is 3.26. The van der Waals surface area contributed by atoms with Gasteiger partial charge < -0.3 is 10.0 Å². The van der Waals surface area contributed by atoms with Gasteiger partial charge in [0.2, 0.25) is 0 Å². The first-order chi connectivity index (χ1) is 8.44. The number of halogens is 1. The lowest BCUT2D eigenvalue weighted by molar-refractivity contribution is 0.181. The second-order valence-electron chi connectivity index (χ2n) is 5.94. The van der Waals surface area contributed by atoms with Gasteiger partial charge in [0.05, 0.1) is 0 Å². The van der Waals surface area contributed by atoms with E-state index in [1.54, 1.807) is 0 Å². The average Bonchev–Trinajstić information content (AvgIpc) is 2.30. The van der Waals surface area contributed by atoms with Gasteiger partial charge in [0.25, 0.3) is 0 Å². The topological polar surface area (TPSA) is 23.5 Å². The maximum atomic E-state index is 9.41. The monoisotopic (exact) mass is 311 g/mol. The van der Waals surface area contributed by atoms with Crippen LogP contribution in [-0.4, -0.2) is 23.8 Å². The lowest BCUT2D eigenvalue weighted by Gasteiger charge is -2.47. The second kappa shape index (κ2) is 5.22. The molecule has 1 N–H and O–H groups in total. The summed E-state index contributed by atoms with van der Waals surface area (Å²) in [6.07, 6.45) is 2.25. The molecule has 100 valence electrons. The van der Waals surface area contributed by atoms with Gasteiger partial charge >= 0.3 is 0 Å². The van der Waals surface area contributed by atoms with E-state index in [-0.39, 0.29) is 5.54 Å². The van der Waals surface area contributed by atoms with Crippen molar-refractivity contribution in [3.8, 4) is 0 Å². The third-order valence-electron chi connectivity index (χ3n) is 4.04. The van der Waals surface area contributed by atoms with Crippen LogP contribution in [0.5, 0.6) is 0 Å². The van der Waals surface area contributed by atoms with E-state index < -0.39 is 0 Å². The summed E-state index contributed by atoms with van der Waals surface area (Å²) in [6, 6.07) is 6.44. The van der Waals surface area contributed by atoms with Gasteiger partial charge in [0.15, 0.2) is 0 Å². The number of aliphatic hydroxyl groups is 1. The molecular formula is C15H22BrNO. The summed E-state index contributed by atoms with van der Waals surface area (Å²) >= 11 is 3.52. The zero-order valence-electron chi connectivity index (χ0n) is 11.4. The van der Waals surface area contributed by atoms with E-state index in [2.05, 4.69) is 59.8 Å². The fraction of sp³-hybridized carbons (Fsp3) is 0.600. The van der Waals surface area contributed by atoms with Gasteiger partial charge in [0, 0.05) is 28.9 Å². The summed E-state index contributed by atoms with van der Waals surface area (Å²) in [7, 11) is 0. The van der Waals surface area contributed by atoms with E-state index in [4.69, 9.17) is 0 Å². The lowest BCUT2D eigenvalue weighted by atomic mass is 9.84. The van der Waals surface area contributed by atoms with E-state index >= 15 is 0 Å². The lowest BCUT2D eigenvalue weighted by Crippen LogP contribution is -2.51. The molecule has 1 saturated heterocycles. The van der Waals surface area contributed by atoms with Crippen LogP contribution in [0.15, 0.2) is 22.7 Å². The molecule has 2 nitrogen and oxygen atoms in total. The molecule has 1 aliphatic rings. The number of anilines is 1. The zero-order valence-corrected chi connectivity index (χ0v) is 13.0. The minimum atomic E-state index is 0.171. The highest BCUT2D eigenvalue weighted by Gasteiger charge is 2.34. The summed E-state index contributed by atoms with van der Waals surface area (Å²) in [5, 5.41) is 9.41. The first kappa shape index (κ1) is 13.9. The Labute approximate surface area is 118 Å². The van der Waals surface area contributed by atoms with Crippen molar-refractivity contribution in [3.63, 3.8) is 0 Å². The predicted octanol–water partition coefficient (Wildman–Crippen LogP) is 3.74. The van der Waals surface area contributed by atoms with Crippen LogP contribution in [0.3, 0.4) is 0 Å². The second-order valence-corrected chi connectivity index (χ2v) is 6.86. The van der Waals surface area contributed by atoms with Crippen LogP contribution in [0.2, 0.25) is 0 Å². The minimum Gasteiger partial charge on any atom is -0.396 e. The molecule has 1 aromatic rings. The number of benzene rings is 1. The first-order valence-electron chi connectivity index (χ1n) is 6.58. The quantitative estimate of drug-likeness (QED) is 0.899. The van der Waals surface area contributed by atoms with Gasteiger partial charge in [-0.05, 0) is 63.3 Å². The average molecular weight is 312 g/mol. The van der Waals surface area contributed by atoms with Crippen LogP contribution >= 0.6 is 15.9 Å². The molecule has 2 rings (SSSR count). The Morgan fingerprint density at radius 1 is 1.44 bits per heavy atom. The van der Waals surface area contributed by atoms with Crippen LogP contribution < -0.4 is 4.90 Å². The molecule has 1 fully saturated rings. The number of hydrogen-bond donors (Lipinski definition) is 1. The van der Waals surface area contributed by atoms with Gasteiger partial charge in [-0.2, -0.15) is 0 Å². The Morgan fingerprint density at radius 2 is 2.17 bits per heavy atom. The molecule has 3 heteroatoms. The molecule has 18 heavy (non-hydrogen) atoms. The van der Waals surface area contributed by atoms with Gasteiger partial charge in [-0.3, -0.25) is 0 Å². The summed E-state index contributed by atoms with van der Waals surface area (Å²) < 4.78 is 1.12. The molecule has 0 radical (unpaired) electrons. The summed E-state index contributed by atoms with van der Waals surface area (Å²) in [5.41, 5.74) is 2.75. The standard InChI is InChI=1S/C15H22BrNO/c1-11-8-13(16)4-5-14(11)17-9-12(10-18)6-7-15(17,2)3/h4-5,8,12,18H,6-7,9-10H2,1-3H3. The Balaban J connectivity index is 2.33. The van der Waals surface area contributed by atoms with Crippen LogP contribution in [0.1, 0.15) is 32.3 Å². The van der Waals surface area contributed by atoms with Gasteiger partial charge in [-0.25, -0.2) is 0 Å². The number of rotatable bonds is 2. The van der Waals surface area contributed by atoms with Crippen molar-refractivity contribution in [2.45, 2.75) is 39.2 Å². The van der Waals surface area contributed by atoms with E-state index in [1.165, 1.54) is 11.3 Å². The SMILES string of the molecule is Cc1cc(Br)ccc1N1CC(CO)CCC1(C)C. The summed E-state index contributed by atoms with van der Waals surface area (Å²) in [6.45, 7) is 7.98. The molecule has 1 aliphatic heterocycles. The molecule has 1 atom stereocenters. The molecule has 1 unspecified atom stereocenters. The highest BCUT2D eigenvalue weighted by atomic mass is 79.9. The van der Waals surface area contributed by atoms with E-state index in [9.17, 15) is 5.11 Å². The maximum absolute atomic E-state index is 9.41. The number of aryl methyl sites for hydroxylation is 1. The molecule has 0 spiro atoms. The van der Waals surface area contributed by atoms with Crippen LogP contribution in [-0.2, 0) is 0 Å². The molecule has 0 aliphatic carbocycles. The smallest absolute Gasteiger partial charge is 0.0476 e. The van der Waals surface area contributed by atoms with Crippen molar-refractivity contribution in [2.24, 2.45) is 5.92 Å². The summed E-state index contributed by atoms with van der Waals surface area (Å²) in [4.78, 5) is 2.46. The number of nitrogens with zero attached hydrogens (tertiary/aromatic N) is 1. The minimum absolute atomic E-state index is 0.171. The van der Waals surface area contributed by atoms with Gasteiger partial charge in [0.1, 0.15) is 0 Å². The third-order valence-corrected chi connectivity index (χ3v) is 4.54. The molecular weight excluding hydrogens is 290 g/mol. The largest absolute Gasteiger partial charge is 0.396 e. The Morgan fingerprint density at radius 3 is 2.78 bits per heavy atom. The Hall–Kier alpha value is -0.540. The Bertz CT molecular complexity index is 431. The molecule has 0 aromatic heterocycles. The van der Waals surface area contributed by atoms with E-state index in [0.717, 1.165) is 23.9 Å². The number of hydrogen-bond acceptors (Lipinski definition) is 2. The third kappa shape index (κ3) is 2.72. The van der Waals surface area contributed by atoms with Crippen molar-refractivity contribution in [1.29, 1.82) is 0 Å². The van der Waals surface area contributed by atoms with Crippen LogP contribution in [0.25, 0.3) is 0 Å². The fourth-order valence-electron chi connectivity index (χ4n) is 2.78. The number of aliphatic hydroxyl groups excluding tert-OH is 1. The van der Waals surface area contributed by atoms with Crippen LogP contribution in [0.4, 0.5) is 5.69 Å². The van der Waals surface area contributed by atoms with Gasteiger partial charge in [-0.1, -0.05) is 15.9 Å². The summed E-state index contributed by atoms with van der Waals surface area (Å²) in [5.74, 6) is 0.404. The normalized spacial score (nSPS) is 23.2. The van der Waals surface area contributed by atoms with E-state index in [1.807, 2.05) is 0 Å². The molecule has 1 aromatic carbocycles. The maximum Gasteiger partial charge on any atom is 0.0476 e. The predicted molar refractivity (Wildman–Crippen MR) is 80.1 cm³/mol. The van der Waals surface area contributed by atoms with Gasteiger partial charge in [-0.15, -0.1) is 0 Å². The van der Waals surface area contributed by atoms with E-state index in [0.29, 0.717) is 12.5 Å². The highest BCUT2D eigenvalue weighted by molar-refractivity contribution is 9.10.